The van der Waals surface area contributed by atoms with Gasteiger partial charge in [0, 0.05) is 13.0 Å². The molecule has 0 aromatic heterocycles. The summed E-state index contributed by atoms with van der Waals surface area (Å²) in [5.41, 5.74) is 3.58. The number of benzene rings is 2. The van der Waals surface area contributed by atoms with Crippen molar-refractivity contribution in [3.8, 4) is 5.75 Å². The van der Waals surface area contributed by atoms with Gasteiger partial charge in [-0.05, 0) is 36.1 Å². The van der Waals surface area contributed by atoms with E-state index < -0.39 is 0 Å². The summed E-state index contributed by atoms with van der Waals surface area (Å²) < 4.78 is 5.51. The van der Waals surface area contributed by atoms with Gasteiger partial charge in [-0.15, -0.1) is 0 Å². The van der Waals surface area contributed by atoms with Gasteiger partial charge in [-0.3, -0.25) is 4.79 Å². The third kappa shape index (κ3) is 3.30. The van der Waals surface area contributed by atoms with Gasteiger partial charge in [0.2, 0.25) is 5.91 Å². The molecule has 0 aliphatic carbocycles. The van der Waals surface area contributed by atoms with Gasteiger partial charge < -0.3 is 10.1 Å². The SMILES string of the molecule is C[C@@H](C(=O)NCCc1ccc2c(c1)CCO2)c1ccccc1. The van der Waals surface area contributed by atoms with E-state index in [1.54, 1.807) is 0 Å². The molecule has 0 radical (unpaired) electrons. The molecule has 2 aromatic carbocycles. The first-order chi connectivity index (χ1) is 10.7. The normalized spacial score (nSPS) is 14.0. The van der Waals surface area contributed by atoms with Gasteiger partial charge >= 0.3 is 0 Å². The zero-order valence-electron chi connectivity index (χ0n) is 12.8. The maximum atomic E-state index is 12.2. The smallest absolute Gasteiger partial charge is 0.227 e. The largest absolute Gasteiger partial charge is 0.493 e. The van der Waals surface area contributed by atoms with Crippen molar-refractivity contribution >= 4 is 5.91 Å². The van der Waals surface area contributed by atoms with Crippen LogP contribution in [0.5, 0.6) is 5.75 Å². The molecule has 1 amide bonds. The fraction of sp³-hybridized carbons (Fsp3) is 0.316. The van der Waals surface area contributed by atoms with Crippen molar-refractivity contribution < 1.29 is 9.53 Å². The Morgan fingerprint density at radius 1 is 1.23 bits per heavy atom. The average molecular weight is 295 g/mol. The highest BCUT2D eigenvalue weighted by molar-refractivity contribution is 5.83. The van der Waals surface area contributed by atoms with Crippen LogP contribution in [0.15, 0.2) is 48.5 Å². The Kier molecular flexibility index (Phi) is 4.42. The maximum absolute atomic E-state index is 12.2. The Bertz CT molecular complexity index is 652. The molecule has 1 atom stereocenters. The molecule has 1 heterocycles. The first-order valence-corrected chi connectivity index (χ1v) is 7.81. The summed E-state index contributed by atoms with van der Waals surface area (Å²) in [5.74, 6) is 0.968. The second-order valence-corrected chi connectivity index (χ2v) is 5.71. The molecule has 3 heteroatoms. The van der Waals surface area contributed by atoms with E-state index in [0.29, 0.717) is 6.54 Å². The van der Waals surface area contributed by atoms with Crippen molar-refractivity contribution in [2.24, 2.45) is 0 Å². The summed E-state index contributed by atoms with van der Waals surface area (Å²) in [5, 5.41) is 3.03. The van der Waals surface area contributed by atoms with E-state index in [-0.39, 0.29) is 11.8 Å². The van der Waals surface area contributed by atoms with Crippen LogP contribution in [0.4, 0.5) is 0 Å². The van der Waals surface area contributed by atoms with Crippen molar-refractivity contribution in [3.05, 3.63) is 65.2 Å². The highest BCUT2D eigenvalue weighted by Gasteiger charge is 2.15. The van der Waals surface area contributed by atoms with Crippen LogP contribution in [0, 0.1) is 0 Å². The Morgan fingerprint density at radius 3 is 2.86 bits per heavy atom. The lowest BCUT2D eigenvalue weighted by Crippen LogP contribution is -2.29. The summed E-state index contributed by atoms with van der Waals surface area (Å²) in [4.78, 5) is 12.2. The molecule has 0 fully saturated rings. The van der Waals surface area contributed by atoms with E-state index in [0.717, 1.165) is 30.8 Å². The van der Waals surface area contributed by atoms with Crippen LogP contribution in [-0.4, -0.2) is 19.1 Å². The Hall–Kier alpha value is -2.29. The topological polar surface area (TPSA) is 38.3 Å². The molecule has 0 saturated heterocycles. The lowest BCUT2D eigenvalue weighted by atomic mass is 10.0. The third-order valence-corrected chi connectivity index (χ3v) is 4.16. The minimum absolute atomic E-state index is 0.0793. The molecular formula is C19H21NO2. The molecule has 2 aromatic rings. The van der Waals surface area contributed by atoms with Gasteiger partial charge in [-0.25, -0.2) is 0 Å². The van der Waals surface area contributed by atoms with Crippen molar-refractivity contribution in [1.29, 1.82) is 0 Å². The molecule has 0 bridgehead atoms. The predicted molar refractivity (Wildman–Crippen MR) is 87.2 cm³/mol. The summed E-state index contributed by atoms with van der Waals surface area (Å²) in [6.07, 6.45) is 1.83. The maximum Gasteiger partial charge on any atom is 0.227 e. The van der Waals surface area contributed by atoms with Gasteiger partial charge in [-0.2, -0.15) is 0 Å². The molecule has 1 aliphatic heterocycles. The first kappa shape index (κ1) is 14.6. The Balaban J connectivity index is 1.51. The predicted octanol–water partition coefficient (Wildman–Crippen LogP) is 3.08. The number of rotatable bonds is 5. The van der Waals surface area contributed by atoms with E-state index in [9.17, 15) is 4.79 Å². The second-order valence-electron chi connectivity index (χ2n) is 5.71. The number of nitrogens with one attached hydrogen (secondary N) is 1. The van der Waals surface area contributed by atoms with Crippen molar-refractivity contribution in [1.82, 2.24) is 5.32 Å². The van der Waals surface area contributed by atoms with Crippen molar-refractivity contribution in [2.75, 3.05) is 13.2 Å². The van der Waals surface area contributed by atoms with E-state index in [4.69, 9.17) is 4.74 Å². The fourth-order valence-electron chi connectivity index (χ4n) is 2.77. The molecule has 0 unspecified atom stereocenters. The number of hydrogen-bond acceptors (Lipinski definition) is 2. The number of ether oxygens (including phenoxy) is 1. The second kappa shape index (κ2) is 6.65. The quantitative estimate of drug-likeness (QED) is 0.920. The molecule has 22 heavy (non-hydrogen) atoms. The van der Waals surface area contributed by atoms with Gasteiger partial charge in [0.15, 0.2) is 0 Å². The van der Waals surface area contributed by atoms with E-state index >= 15 is 0 Å². The number of hydrogen-bond donors (Lipinski definition) is 1. The number of fused-ring (bicyclic) bond motifs is 1. The van der Waals surface area contributed by atoms with E-state index in [2.05, 4.69) is 17.4 Å². The Morgan fingerprint density at radius 2 is 2.05 bits per heavy atom. The van der Waals surface area contributed by atoms with Crippen LogP contribution < -0.4 is 10.1 Å². The summed E-state index contributed by atoms with van der Waals surface area (Å²) >= 11 is 0. The molecular weight excluding hydrogens is 274 g/mol. The minimum atomic E-state index is -0.116. The van der Waals surface area contributed by atoms with Gasteiger partial charge in [0.25, 0.3) is 0 Å². The van der Waals surface area contributed by atoms with Crippen LogP contribution in [0.3, 0.4) is 0 Å². The van der Waals surface area contributed by atoms with Gasteiger partial charge in [-0.1, -0.05) is 42.5 Å². The molecule has 1 N–H and O–H groups in total. The summed E-state index contributed by atoms with van der Waals surface area (Å²) in [6.45, 7) is 3.39. The van der Waals surface area contributed by atoms with E-state index in [1.807, 2.05) is 43.3 Å². The minimum Gasteiger partial charge on any atom is -0.493 e. The number of carbonyl (C=O) groups excluding carboxylic acids is 1. The van der Waals surface area contributed by atoms with Crippen LogP contribution in [-0.2, 0) is 17.6 Å². The van der Waals surface area contributed by atoms with E-state index in [1.165, 1.54) is 11.1 Å². The monoisotopic (exact) mass is 295 g/mol. The van der Waals surface area contributed by atoms with Crippen molar-refractivity contribution in [3.63, 3.8) is 0 Å². The molecule has 3 nitrogen and oxygen atoms in total. The molecule has 114 valence electrons. The average Bonchev–Trinajstić information content (AvgIpc) is 3.02. The van der Waals surface area contributed by atoms with Crippen LogP contribution >= 0.6 is 0 Å². The molecule has 3 rings (SSSR count). The lowest BCUT2D eigenvalue weighted by molar-refractivity contribution is -0.122. The van der Waals surface area contributed by atoms with Crippen molar-refractivity contribution in [2.45, 2.75) is 25.7 Å². The zero-order chi connectivity index (χ0) is 15.4. The zero-order valence-corrected chi connectivity index (χ0v) is 12.8. The number of amides is 1. The van der Waals surface area contributed by atoms with Gasteiger partial charge in [0.1, 0.15) is 5.75 Å². The fourth-order valence-corrected chi connectivity index (χ4v) is 2.77. The molecule has 1 aliphatic rings. The Labute approximate surface area is 131 Å². The summed E-state index contributed by atoms with van der Waals surface area (Å²) in [6, 6.07) is 16.2. The highest BCUT2D eigenvalue weighted by atomic mass is 16.5. The number of carbonyl (C=O) groups is 1. The standard InChI is InChI=1S/C19H21NO2/c1-14(16-5-3-2-4-6-16)19(21)20-11-9-15-7-8-18-17(13-15)10-12-22-18/h2-8,13-14H,9-12H2,1H3,(H,20,21)/t14-/m1/s1. The van der Waals surface area contributed by atoms with Crippen LogP contribution in [0.1, 0.15) is 29.5 Å². The van der Waals surface area contributed by atoms with Crippen LogP contribution in [0.25, 0.3) is 0 Å². The van der Waals surface area contributed by atoms with Gasteiger partial charge in [0.05, 0.1) is 12.5 Å². The summed E-state index contributed by atoms with van der Waals surface area (Å²) in [7, 11) is 0. The van der Waals surface area contributed by atoms with Crippen LogP contribution in [0.2, 0.25) is 0 Å². The molecule has 0 spiro atoms. The third-order valence-electron chi connectivity index (χ3n) is 4.16. The molecule has 0 saturated carbocycles. The highest BCUT2D eigenvalue weighted by Crippen LogP contribution is 2.25. The first-order valence-electron chi connectivity index (χ1n) is 7.81. The lowest BCUT2D eigenvalue weighted by Gasteiger charge is -2.12.